The SMILES string of the molecule is Cc1cc2c3c(c1)N(c1ccc(C(C)(C)C)cc1)c1cc(C(C)(C)C)ccc1B3c1ccc(N(c3ccc(C(C)(C)C)cc3)c3ccc4c5ccccc5n(-c5ccccc5)c4c3)cc1N2c1cc(C)c(-c2ccc3c(c2)C(C)(C)c2ccccc2-3)c(C)c1. The molecule has 11 aromatic carbocycles. The van der Waals surface area contributed by atoms with Crippen LogP contribution in [0.4, 0.5) is 51.2 Å². The minimum atomic E-state index is -0.107. The summed E-state index contributed by atoms with van der Waals surface area (Å²) in [6.45, 7) is 32.5. The number of hydrogen-bond acceptors (Lipinski definition) is 3. The number of aromatic nitrogens is 1. The molecule has 15 rings (SSSR count). The van der Waals surface area contributed by atoms with E-state index in [1.807, 2.05) is 0 Å². The summed E-state index contributed by atoms with van der Waals surface area (Å²) in [7, 11) is 0. The zero-order valence-electron chi connectivity index (χ0n) is 54.2. The van der Waals surface area contributed by atoms with Crippen LogP contribution in [-0.4, -0.2) is 11.3 Å². The highest BCUT2D eigenvalue weighted by atomic mass is 15.2. The Labute approximate surface area is 527 Å². The molecule has 0 saturated heterocycles. The predicted octanol–water partition coefficient (Wildman–Crippen LogP) is 21.1. The maximum absolute atomic E-state index is 2.63. The van der Waals surface area contributed by atoms with Crippen LogP contribution in [0.3, 0.4) is 0 Å². The van der Waals surface area contributed by atoms with E-state index in [0.29, 0.717) is 0 Å². The molecule has 0 atom stereocenters. The first-order valence-electron chi connectivity index (χ1n) is 32.0. The molecule has 0 unspecified atom stereocenters. The Hall–Kier alpha value is -9.32. The number of benzene rings is 11. The second kappa shape index (κ2) is 20.1. The molecule has 12 aromatic rings. The topological polar surface area (TPSA) is 14.7 Å². The monoisotopic (exact) mass is 1150 g/mol. The summed E-state index contributed by atoms with van der Waals surface area (Å²) < 4.78 is 2.44. The number of hydrogen-bond donors (Lipinski definition) is 0. The summed E-state index contributed by atoms with van der Waals surface area (Å²) in [5, 5.41) is 2.46. The van der Waals surface area contributed by atoms with Crippen molar-refractivity contribution in [3.63, 3.8) is 0 Å². The molecule has 1 aromatic heterocycles. The van der Waals surface area contributed by atoms with E-state index in [4.69, 9.17) is 0 Å². The van der Waals surface area contributed by atoms with E-state index in [-0.39, 0.29) is 28.4 Å². The van der Waals surface area contributed by atoms with Gasteiger partial charge in [0.15, 0.2) is 0 Å². The van der Waals surface area contributed by atoms with E-state index in [2.05, 4.69) is 341 Å². The van der Waals surface area contributed by atoms with Crippen LogP contribution in [-0.2, 0) is 21.7 Å². The van der Waals surface area contributed by atoms with E-state index >= 15 is 0 Å². The fourth-order valence-corrected chi connectivity index (χ4v) is 15.3. The van der Waals surface area contributed by atoms with Crippen molar-refractivity contribution in [1.29, 1.82) is 0 Å². The molecule has 0 radical (unpaired) electrons. The molecule has 2 aliphatic heterocycles. The molecule has 0 fully saturated rings. The van der Waals surface area contributed by atoms with Gasteiger partial charge >= 0.3 is 0 Å². The van der Waals surface area contributed by atoms with Gasteiger partial charge < -0.3 is 19.3 Å². The highest BCUT2D eigenvalue weighted by Crippen LogP contribution is 2.52. The molecule has 4 nitrogen and oxygen atoms in total. The lowest BCUT2D eigenvalue weighted by molar-refractivity contribution is 0.590. The Morgan fingerprint density at radius 3 is 1.58 bits per heavy atom. The first-order valence-corrected chi connectivity index (χ1v) is 32.0. The van der Waals surface area contributed by atoms with E-state index in [1.165, 1.54) is 122 Å². The Balaban J connectivity index is 0.981. The van der Waals surface area contributed by atoms with E-state index in [0.717, 1.165) is 39.6 Å². The largest absolute Gasteiger partial charge is 0.311 e. The highest BCUT2D eigenvalue weighted by Gasteiger charge is 2.45. The lowest BCUT2D eigenvalue weighted by Crippen LogP contribution is -2.61. The van der Waals surface area contributed by atoms with Gasteiger partial charge in [0.1, 0.15) is 0 Å². The number of aryl methyl sites for hydroxylation is 3. The molecule has 5 heteroatoms. The first-order chi connectivity index (χ1) is 42.5. The van der Waals surface area contributed by atoms with Crippen molar-refractivity contribution < 1.29 is 0 Å². The zero-order valence-corrected chi connectivity index (χ0v) is 54.2. The average molecular weight is 1160 g/mol. The third-order valence-corrected chi connectivity index (χ3v) is 19.9. The maximum atomic E-state index is 2.63. The summed E-state index contributed by atoms with van der Waals surface area (Å²) in [6, 6.07) is 86.3. The highest BCUT2D eigenvalue weighted by molar-refractivity contribution is 7.00. The van der Waals surface area contributed by atoms with Gasteiger partial charge in [-0.15, -0.1) is 0 Å². The van der Waals surface area contributed by atoms with Crippen molar-refractivity contribution in [3.8, 4) is 27.9 Å². The molecule has 89 heavy (non-hydrogen) atoms. The number of anilines is 9. The van der Waals surface area contributed by atoms with E-state index in [1.54, 1.807) is 0 Å². The molecule has 0 bridgehead atoms. The number of para-hydroxylation sites is 2. The fourth-order valence-electron chi connectivity index (χ4n) is 15.3. The van der Waals surface area contributed by atoms with Crippen LogP contribution in [0.25, 0.3) is 49.7 Å². The minimum Gasteiger partial charge on any atom is -0.311 e. The standard InChI is InChI=1S/C84H79BN4/c1-52-44-77-80-78(45-52)89(64-46-53(2)79(54(3)47-64)55-28-40-66-65-24-18-20-26-69(65)84(13,14)70(66)48-55)76-51-63(39-43-72(76)85(80)71-42-33-58(83(10,11)12)49-75(71)88(77)61-36-31-57(32-37-61)82(7,8)9)86(60-34-29-56(30-35-60)81(4,5)6)62-38-41-68-67-25-19-21-27-73(67)87(74(68)50-62)59-22-16-15-17-23-59/h15-51H,1-14H3. The number of fused-ring (bicyclic) bond motifs is 10. The van der Waals surface area contributed by atoms with Crippen LogP contribution in [0.5, 0.6) is 0 Å². The third kappa shape index (κ3) is 9.00. The molecular formula is C84H79BN4. The van der Waals surface area contributed by atoms with E-state index in [9.17, 15) is 0 Å². The lowest BCUT2D eigenvalue weighted by atomic mass is 9.33. The molecule has 0 spiro atoms. The third-order valence-electron chi connectivity index (χ3n) is 19.9. The van der Waals surface area contributed by atoms with Crippen molar-refractivity contribution in [2.75, 3.05) is 14.7 Å². The first kappa shape index (κ1) is 56.2. The van der Waals surface area contributed by atoms with Gasteiger partial charge in [0, 0.05) is 73.1 Å². The number of rotatable bonds is 7. The van der Waals surface area contributed by atoms with Crippen LogP contribution in [0.15, 0.2) is 224 Å². The Morgan fingerprint density at radius 2 is 0.910 bits per heavy atom. The van der Waals surface area contributed by atoms with Crippen LogP contribution < -0.4 is 31.1 Å². The van der Waals surface area contributed by atoms with Gasteiger partial charge in [-0.1, -0.05) is 197 Å². The summed E-state index contributed by atoms with van der Waals surface area (Å²) in [4.78, 5) is 7.70. The van der Waals surface area contributed by atoms with Crippen LogP contribution >= 0.6 is 0 Å². The Kier molecular flexibility index (Phi) is 12.7. The lowest BCUT2D eigenvalue weighted by Gasteiger charge is -2.45. The zero-order chi connectivity index (χ0) is 61.8. The summed E-state index contributed by atoms with van der Waals surface area (Å²) in [5.74, 6) is 0. The molecule has 438 valence electrons. The van der Waals surface area contributed by atoms with Crippen molar-refractivity contribution in [3.05, 3.63) is 269 Å². The second-order valence-corrected chi connectivity index (χ2v) is 29.3. The quantitative estimate of drug-likeness (QED) is 0.148. The van der Waals surface area contributed by atoms with Gasteiger partial charge in [-0.05, 0) is 223 Å². The molecule has 1 aliphatic carbocycles. The molecule has 3 aliphatic rings. The normalized spacial score (nSPS) is 14.0. The van der Waals surface area contributed by atoms with Crippen molar-refractivity contribution >= 4 is 96.1 Å². The maximum Gasteiger partial charge on any atom is 0.252 e. The van der Waals surface area contributed by atoms with Crippen LogP contribution in [0, 0.1) is 20.8 Å². The van der Waals surface area contributed by atoms with Gasteiger partial charge in [-0.2, -0.15) is 0 Å². The molecule has 0 amide bonds. The molecule has 3 heterocycles. The van der Waals surface area contributed by atoms with Crippen molar-refractivity contribution in [2.24, 2.45) is 0 Å². The van der Waals surface area contributed by atoms with Crippen LogP contribution in [0.1, 0.15) is 121 Å². The molecule has 0 N–H and O–H groups in total. The average Bonchev–Trinajstić information content (AvgIpc) is 1.51. The van der Waals surface area contributed by atoms with Gasteiger partial charge in [0.2, 0.25) is 0 Å². The van der Waals surface area contributed by atoms with Gasteiger partial charge in [-0.25, -0.2) is 0 Å². The minimum absolute atomic E-state index is 0.0141. The summed E-state index contributed by atoms with van der Waals surface area (Å²) in [6.07, 6.45) is 0. The summed E-state index contributed by atoms with van der Waals surface area (Å²) in [5.41, 5.74) is 33.3. The van der Waals surface area contributed by atoms with Crippen molar-refractivity contribution in [2.45, 2.75) is 119 Å². The fraction of sp³-hybridized carbons (Fsp3) is 0.214. The molecular weight excluding hydrogens is 1080 g/mol. The van der Waals surface area contributed by atoms with Crippen LogP contribution in [0.2, 0.25) is 0 Å². The van der Waals surface area contributed by atoms with Gasteiger partial charge in [-0.3, -0.25) is 0 Å². The van der Waals surface area contributed by atoms with Crippen molar-refractivity contribution in [1.82, 2.24) is 4.57 Å². The van der Waals surface area contributed by atoms with Gasteiger partial charge in [0.05, 0.1) is 11.0 Å². The Morgan fingerprint density at radius 1 is 0.382 bits per heavy atom. The number of nitrogens with zero attached hydrogens (tertiary/aromatic N) is 4. The van der Waals surface area contributed by atoms with Gasteiger partial charge in [0.25, 0.3) is 6.71 Å². The smallest absolute Gasteiger partial charge is 0.252 e. The summed E-state index contributed by atoms with van der Waals surface area (Å²) >= 11 is 0. The second-order valence-electron chi connectivity index (χ2n) is 29.3. The predicted molar refractivity (Wildman–Crippen MR) is 383 cm³/mol. The molecule has 0 saturated carbocycles. The van der Waals surface area contributed by atoms with E-state index < -0.39 is 0 Å². The Bertz CT molecular complexity index is 4820.